The molecule has 0 aliphatic heterocycles. The highest BCUT2D eigenvalue weighted by atomic mass is 32.2. The van der Waals surface area contributed by atoms with E-state index in [1.807, 2.05) is 37.3 Å². The first-order valence-corrected chi connectivity index (χ1v) is 9.82. The van der Waals surface area contributed by atoms with Crippen molar-refractivity contribution in [1.82, 2.24) is 4.90 Å². The van der Waals surface area contributed by atoms with Crippen molar-refractivity contribution >= 4 is 15.7 Å². The zero-order chi connectivity index (χ0) is 16.8. The van der Waals surface area contributed by atoms with Gasteiger partial charge in [0, 0.05) is 12.8 Å². The quantitative estimate of drug-likeness (QED) is 0.737. The van der Waals surface area contributed by atoms with E-state index in [0.717, 1.165) is 31.1 Å². The van der Waals surface area contributed by atoms with Crippen LogP contribution in [0.5, 0.6) is 0 Å². The van der Waals surface area contributed by atoms with Crippen LogP contribution >= 0.6 is 0 Å². The Bertz CT molecular complexity index is 569. The van der Waals surface area contributed by atoms with Gasteiger partial charge >= 0.3 is 0 Å². The van der Waals surface area contributed by atoms with Gasteiger partial charge in [-0.1, -0.05) is 50.6 Å². The van der Waals surface area contributed by atoms with Crippen molar-refractivity contribution in [3.8, 4) is 0 Å². The van der Waals surface area contributed by atoms with E-state index < -0.39 is 15.1 Å². The average Bonchev–Trinajstić information content (AvgIpc) is 2.50. The fourth-order valence-electron chi connectivity index (χ4n) is 2.48. The lowest BCUT2D eigenvalue weighted by atomic mass is 10.0. The van der Waals surface area contributed by atoms with Crippen LogP contribution in [0.4, 0.5) is 0 Å². The summed E-state index contributed by atoms with van der Waals surface area (Å²) in [7, 11) is -3.39. The molecule has 0 N–H and O–H groups in total. The van der Waals surface area contributed by atoms with Crippen LogP contribution in [0, 0.1) is 0 Å². The molecule has 4 nitrogen and oxygen atoms in total. The summed E-state index contributed by atoms with van der Waals surface area (Å²) in [5.41, 5.74) is 1.05. The number of carbonyl (C=O) groups is 1. The lowest BCUT2D eigenvalue weighted by Gasteiger charge is -2.33. The zero-order valence-corrected chi connectivity index (χ0v) is 14.8. The van der Waals surface area contributed by atoms with Gasteiger partial charge in [0.1, 0.15) is 5.25 Å². The van der Waals surface area contributed by atoms with E-state index in [9.17, 15) is 13.2 Å². The number of hydrogen-bond donors (Lipinski definition) is 0. The molecule has 124 valence electrons. The maximum atomic E-state index is 12.7. The van der Waals surface area contributed by atoms with Crippen LogP contribution in [-0.2, 0) is 14.6 Å². The summed E-state index contributed by atoms with van der Waals surface area (Å²) < 4.78 is 23.5. The Kier molecular flexibility index (Phi) is 7.07. The molecule has 0 bridgehead atoms. The minimum Gasteiger partial charge on any atom is -0.335 e. The second kappa shape index (κ2) is 8.32. The summed E-state index contributed by atoms with van der Waals surface area (Å²) in [6.45, 7) is 6.15. The molecule has 0 unspecified atom stereocenters. The molecule has 0 radical (unpaired) electrons. The Morgan fingerprint density at radius 1 is 1.18 bits per heavy atom. The van der Waals surface area contributed by atoms with Gasteiger partial charge in [0.25, 0.3) is 0 Å². The summed E-state index contributed by atoms with van der Waals surface area (Å²) in [6, 6.07) is 9.73. The summed E-state index contributed by atoms with van der Waals surface area (Å²) >= 11 is 0. The number of sulfone groups is 1. The molecular formula is C17H27NO3S. The number of benzene rings is 1. The second-order valence-electron chi connectivity index (χ2n) is 5.69. The maximum Gasteiger partial charge on any atom is 0.241 e. The molecule has 0 heterocycles. The standard InChI is InChI=1S/C17H27NO3S/c1-5-7-13-18(17(19)14(3)22(4,20)21)16(6-2)15-11-9-8-10-12-15/h8-12,14,16H,5-7,13H2,1-4H3/t14-,16-/m0/s1. The Hall–Kier alpha value is -1.36. The predicted molar refractivity (Wildman–Crippen MR) is 90.4 cm³/mol. The Morgan fingerprint density at radius 2 is 1.77 bits per heavy atom. The Labute approximate surface area is 134 Å². The van der Waals surface area contributed by atoms with E-state index in [4.69, 9.17) is 0 Å². The largest absolute Gasteiger partial charge is 0.335 e. The third kappa shape index (κ3) is 4.83. The molecule has 0 saturated carbocycles. The number of hydrogen-bond acceptors (Lipinski definition) is 3. The van der Waals surface area contributed by atoms with Crippen molar-refractivity contribution in [2.45, 2.75) is 51.3 Å². The molecular weight excluding hydrogens is 298 g/mol. The van der Waals surface area contributed by atoms with Gasteiger partial charge in [-0.3, -0.25) is 4.79 Å². The van der Waals surface area contributed by atoms with Crippen LogP contribution in [0.25, 0.3) is 0 Å². The van der Waals surface area contributed by atoms with Gasteiger partial charge in [-0.25, -0.2) is 8.42 Å². The number of nitrogens with zero attached hydrogens (tertiary/aromatic N) is 1. The highest BCUT2D eigenvalue weighted by Crippen LogP contribution is 2.26. The van der Waals surface area contributed by atoms with Crippen molar-refractivity contribution in [3.05, 3.63) is 35.9 Å². The van der Waals surface area contributed by atoms with E-state index in [1.165, 1.54) is 6.92 Å². The van der Waals surface area contributed by atoms with Crippen LogP contribution in [-0.4, -0.2) is 37.3 Å². The molecule has 1 aromatic rings. The van der Waals surface area contributed by atoms with Gasteiger partial charge in [0.05, 0.1) is 6.04 Å². The molecule has 0 aliphatic carbocycles. The van der Waals surface area contributed by atoms with Crippen molar-refractivity contribution in [2.75, 3.05) is 12.8 Å². The van der Waals surface area contributed by atoms with Gasteiger partial charge in [-0.15, -0.1) is 0 Å². The predicted octanol–water partition coefficient (Wildman–Crippen LogP) is 3.20. The molecule has 1 rings (SSSR count). The molecule has 1 amide bonds. The zero-order valence-electron chi connectivity index (χ0n) is 14.0. The van der Waals surface area contributed by atoms with E-state index in [1.54, 1.807) is 4.90 Å². The summed E-state index contributed by atoms with van der Waals surface area (Å²) in [5, 5.41) is -0.998. The number of carbonyl (C=O) groups excluding carboxylic acids is 1. The van der Waals surface area contributed by atoms with E-state index >= 15 is 0 Å². The summed E-state index contributed by atoms with van der Waals surface area (Å²) in [4.78, 5) is 14.5. The van der Waals surface area contributed by atoms with Crippen molar-refractivity contribution in [1.29, 1.82) is 0 Å². The van der Waals surface area contributed by atoms with Gasteiger partial charge in [0.2, 0.25) is 5.91 Å². The van der Waals surface area contributed by atoms with E-state index in [2.05, 4.69) is 6.92 Å². The monoisotopic (exact) mass is 325 g/mol. The van der Waals surface area contributed by atoms with Crippen molar-refractivity contribution < 1.29 is 13.2 Å². The summed E-state index contributed by atoms with van der Waals surface area (Å²) in [6.07, 6.45) is 3.71. The third-order valence-corrected chi connectivity index (χ3v) is 5.46. The van der Waals surface area contributed by atoms with E-state index in [-0.39, 0.29) is 11.9 Å². The maximum absolute atomic E-state index is 12.7. The minimum atomic E-state index is -3.39. The van der Waals surface area contributed by atoms with Crippen LogP contribution in [0.15, 0.2) is 30.3 Å². The van der Waals surface area contributed by atoms with Crippen LogP contribution < -0.4 is 0 Å². The van der Waals surface area contributed by atoms with Crippen LogP contribution in [0.3, 0.4) is 0 Å². The highest BCUT2D eigenvalue weighted by molar-refractivity contribution is 7.92. The van der Waals surface area contributed by atoms with Gasteiger partial charge < -0.3 is 4.90 Å². The smallest absolute Gasteiger partial charge is 0.241 e. The molecule has 0 aromatic heterocycles. The molecule has 0 aliphatic rings. The first-order valence-electron chi connectivity index (χ1n) is 7.87. The summed E-state index contributed by atoms with van der Waals surface area (Å²) in [5.74, 6) is -0.299. The van der Waals surface area contributed by atoms with E-state index in [0.29, 0.717) is 6.54 Å². The van der Waals surface area contributed by atoms with Crippen molar-refractivity contribution in [2.24, 2.45) is 0 Å². The lowest BCUT2D eigenvalue weighted by Crippen LogP contribution is -2.43. The Balaban J connectivity index is 3.12. The van der Waals surface area contributed by atoms with Gasteiger partial charge in [0.15, 0.2) is 9.84 Å². The first-order chi connectivity index (χ1) is 10.3. The lowest BCUT2D eigenvalue weighted by molar-refractivity contribution is -0.133. The normalized spacial score (nSPS) is 14.4. The fourth-order valence-corrected chi connectivity index (χ4v) is 2.98. The molecule has 0 saturated heterocycles. The number of amides is 1. The highest BCUT2D eigenvalue weighted by Gasteiger charge is 2.32. The van der Waals surface area contributed by atoms with Gasteiger partial charge in [-0.2, -0.15) is 0 Å². The minimum absolute atomic E-state index is 0.0792. The average molecular weight is 325 g/mol. The van der Waals surface area contributed by atoms with Crippen LogP contribution in [0.1, 0.15) is 51.6 Å². The SMILES string of the molecule is CCCCN(C(=O)[C@H](C)S(C)(=O)=O)[C@@H](CC)c1ccccc1. The van der Waals surface area contributed by atoms with Crippen molar-refractivity contribution in [3.63, 3.8) is 0 Å². The Morgan fingerprint density at radius 3 is 2.23 bits per heavy atom. The molecule has 0 fully saturated rings. The van der Waals surface area contributed by atoms with Gasteiger partial charge in [-0.05, 0) is 25.3 Å². The molecule has 1 aromatic carbocycles. The topological polar surface area (TPSA) is 54.5 Å². The fraction of sp³-hybridized carbons (Fsp3) is 0.588. The number of rotatable bonds is 8. The molecule has 5 heteroatoms. The second-order valence-corrected chi connectivity index (χ2v) is 8.06. The molecule has 2 atom stereocenters. The molecule has 0 spiro atoms. The van der Waals surface area contributed by atoms with Crippen LogP contribution in [0.2, 0.25) is 0 Å². The first kappa shape index (κ1) is 18.7. The number of unbranched alkanes of at least 4 members (excludes halogenated alkanes) is 1. The third-order valence-electron chi connectivity index (χ3n) is 3.97. The molecule has 22 heavy (non-hydrogen) atoms.